The van der Waals surface area contributed by atoms with Crippen LogP contribution in [0.4, 0.5) is 0 Å². The van der Waals surface area contributed by atoms with Crippen molar-refractivity contribution in [1.82, 2.24) is 4.90 Å². The van der Waals surface area contributed by atoms with E-state index >= 15 is 0 Å². The molecule has 0 aromatic carbocycles. The summed E-state index contributed by atoms with van der Waals surface area (Å²) in [6.45, 7) is 9.47. The van der Waals surface area contributed by atoms with Crippen LogP contribution in [0, 0.1) is 5.92 Å². The highest BCUT2D eigenvalue weighted by Crippen LogP contribution is 2.26. The molecular weight excluding hydrogens is 150 g/mol. The highest BCUT2D eigenvalue weighted by Gasteiger charge is 2.39. The molecular formula is C10H21NO. The average molecular weight is 171 g/mol. The summed E-state index contributed by atoms with van der Waals surface area (Å²) < 4.78 is 0. The van der Waals surface area contributed by atoms with E-state index in [4.69, 9.17) is 0 Å². The van der Waals surface area contributed by atoms with Crippen LogP contribution in [0.3, 0.4) is 0 Å². The molecule has 0 unspecified atom stereocenters. The van der Waals surface area contributed by atoms with Crippen molar-refractivity contribution in [1.29, 1.82) is 0 Å². The Morgan fingerprint density at radius 2 is 2.00 bits per heavy atom. The summed E-state index contributed by atoms with van der Waals surface area (Å²) in [7, 11) is 0. The van der Waals surface area contributed by atoms with E-state index in [2.05, 4.69) is 25.7 Å². The van der Waals surface area contributed by atoms with Gasteiger partial charge in [0, 0.05) is 19.6 Å². The second kappa shape index (κ2) is 3.75. The maximum absolute atomic E-state index is 9.85. The molecule has 0 radical (unpaired) electrons. The third kappa shape index (κ3) is 2.46. The molecule has 0 amide bonds. The van der Waals surface area contributed by atoms with Crippen molar-refractivity contribution in [3.05, 3.63) is 0 Å². The SMILES string of the molecule is CCCC1(O)CN(CC(C)C)C1. The minimum Gasteiger partial charge on any atom is -0.387 e. The molecule has 0 aromatic rings. The molecule has 1 rings (SSSR count). The fraction of sp³-hybridized carbons (Fsp3) is 1.00. The summed E-state index contributed by atoms with van der Waals surface area (Å²) in [6, 6.07) is 0. The summed E-state index contributed by atoms with van der Waals surface area (Å²) in [4.78, 5) is 2.33. The predicted molar refractivity (Wildman–Crippen MR) is 51.1 cm³/mol. The molecule has 0 atom stereocenters. The van der Waals surface area contributed by atoms with Crippen molar-refractivity contribution in [3.8, 4) is 0 Å². The molecule has 0 bridgehead atoms. The van der Waals surface area contributed by atoms with E-state index in [1.165, 1.54) is 0 Å². The monoisotopic (exact) mass is 171 g/mol. The van der Waals surface area contributed by atoms with Crippen molar-refractivity contribution in [3.63, 3.8) is 0 Å². The number of nitrogens with zero attached hydrogens (tertiary/aromatic N) is 1. The Hall–Kier alpha value is -0.0800. The largest absolute Gasteiger partial charge is 0.387 e. The quantitative estimate of drug-likeness (QED) is 0.692. The summed E-state index contributed by atoms with van der Waals surface area (Å²) in [5, 5.41) is 9.85. The molecule has 2 nitrogen and oxygen atoms in total. The Kier molecular flexibility index (Phi) is 3.13. The number of hydrogen-bond acceptors (Lipinski definition) is 2. The first-order valence-corrected chi connectivity index (χ1v) is 5.00. The van der Waals surface area contributed by atoms with E-state index in [1.54, 1.807) is 0 Å². The van der Waals surface area contributed by atoms with Gasteiger partial charge in [0.25, 0.3) is 0 Å². The Labute approximate surface area is 75.6 Å². The van der Waals surface area contributed by atoms with Gasteiger partial charge in [-0.15, -0.1) is 0 Å². The molecule has 72 valence electrons. The molecule has 1 aliphatic rings. The first kappa shape index (κ1) is 10.0. The van der Waals surface area contributed by atoms with Gasteiger partial charge in [0.1, 0.15) is 0 Å². The van der Waals surface area contributed by atoms with Gasteiger partial charge in [0.2, 0.25) is 0 Å². The fourth-order valence-corrected chi connectivity index (χ4v) is 2.06. The second-order valence-corrected chi connectivity index (χ2v) is 4.54. The zero-order chi connectivity index (χ0) is 9.19. The molecule has 0 saturated carbocycles. The zero-order valence-corrected chi connectivity index (χ0v) is 8.51. The van der Waals surface area contributed by atoms with E-state index in [0.717, 1.165) is 38.4 Å². The van der Waals surface area contributed by atoms with Gasteiger partial charge in [0.15, 0.2) is 0 Å². The molecule has 1 fully saturated rings. The normalized spacial score (nSPS) is 22.8. The number of β-amino-alcohol motifs (C(OH)–C–C–N with tert-alkyl or cyclic N) is 1. The van der Waals surface area contributed by atoms with Gasteiger partial charge in [-0.2, -0.15) is 0 Å². The van der Waals surface area contributed by atoms with Gasteiger partial charge in [-0.3, -0.25) is 4.90 Å². The van der Waals surface area contributed by atoms with Crippen LogP contribution in [-0.4, -0.2) is 35.2 Å². The van der Waals surface area contributed by atoms with Crippen molar-refractivity contribution in [2.75, 3.05) is 19.6 Å². The third-order valence-corrected chi connectivity index (χ3v) is 2.37. The van der Waals surface area contributed by atoms with E-state index in [9.17, 15) is 5.11 Å². The predicted octanol–water partition coefficient (Wildman–Crippen LogP) is 1.49. The highest BCUT2D eigenvalue weighted by molar-refractivity contribution is 4.94. The lowest BCUT2D eigenvalue weighted by atomic mass is 9.89. The molecule has 1 N–H and O–H groups in total. The molecule has 1 heterocycles. The van der Waals surface area contributed by atoms with Gasteiger partial charge < -0.3 is 5.11 Å². The molecule has 0 spiro atoms. The lowest BCUT2D eigenvalue weighted by molar-refractivity contribution is -0.106. The smallest absolute Gasteiger partial charge is 0.0900 e. The second-order valence-electron chi connectivity index (χ2n) is 4.54. The molecule has 1 saturated heterocycles. The standard InChI is InChI=1S/C10H21NO/c1-4-5-10(12)7-11(8-10)6-9(2)3/h9,12H,4-8H2,1-3H3. The van der Waals surface area contributed by atoms with E-state index in [0.29, 0.717) is 0 Å². The van der Waals surface area contributed by atoms with Gasteiger partial charge >= 0.3 is 0 Å². The third-order valence-electron chi connectivity index (χ3n) is 2.37. The summed E-state index contributed by atoms with van der Waals surface area (Å²) >= 11 is 0. The summed E-state index contributed by atoms with van der Waals surface area (Å²) in [5.74, 6) is 0.719. The van der Waals surface area contributed by atoms with Crippen LogP contribution in [0.5, 0.6) is 0 Å². The van der Waals surface area contributed by atoms with Crippen molar-refractivity contribution in [2.45, 2.75) is 39.2 Å². The lowest BCUT2D eigenvalue weighted by Gasteiger charge is -2.47. The van der Waals surface area contributed by atoms with Crippen LogP contribution in [0.1, 0.15) is 33.6 Å². The van der Waals surface area contributed by atoms with Gasteiger partial charge in [-0.25, -0.2) is 0 Å². The molecule has 12 heavy (non-hydrogen) atoms. The number of rotatable bonds is 4. The van der Waals surface area contributed by atoms with Gasteiger partial charge in [-0.05, 0) is 12.3 Å². The summed E-state index contributed by atoms with van der Waals surface area (Å²) in [5.41, 5.74) is -0.344. The minimum atomic E-state index is -0.344. The van der Waals surface area contributed by atoms with Gasteiger partial charge in [-0.1, -0.05) is 27.2 Å². The Balaban J connectivity index is 2.18. The van der Waals surface area contributed by atoms with Crippen LogP contribution in [0.2, 0.25) is 0 Å². The first-order valence-electron chi connectivity index (χ1n) is 5.00. The van der Waals surface area contributed by atoms with Crippen LogP contribution in [-0.2, 0) is 0 Å². The molecule has 0 aromatic heterocycles. The molecule has 2 heteroatoms. The van der Waals surface area contributed by atoms with Gasteiger partial charge in [0.05, 0.1) is 5.60 Å². The van der Waals surface area contributed by atoms with Crippen LogP contribution < -0.4 is 0 Å². The summed E-state index contributed by atoms with van der Waals surface area (Å²) in [6.07, 6.45) is 2.05. The molecule has 1 aliphatic heterocycles. The average Bonchev–Trinajstić information content (AvgIpc) is 1.83. The topological polar surface area (TPSA) is 23.5 Å². The van der Waals surface area contributed by atoms with Crippen LogP contribution in [0.25, 0.3) is 0 Å². The fourth-order valence-electron chi connectivity index (χ4n) is 2.06. The maximum Gasteiger partial charge on any atom is 0.0900 e. The number of likely N-dealkylation sites (tertiary alicyclic amines) is 1. The zero-order valence-electron chi connectivity index (χ0n) is 8.51. The van der Waals surface area contributed by atoms with Crippen molar-refractivity contribution in [2.24, 2.45) is 5.92 Å². The minimum absolute atomic E-state index is 0.344. The highest BCUT2D eigenvalue weighted by atomic mass is 16.3. The number of hydrogen-bond donors (Lipinski definition) is 1. The maximum atomic E-state index is 9.85. The Morgan fingerprint density at radius 3 is 2.42 bits per heavy atom. The van der Waals surface area contributed by atoms with E-state index < -0.39 is 0 Å². The Bertz CT molecular complexity index is 139. The van der Waals surface area contributed by atoms with Crippen LogP contribution >= 0.6 is 0 Å². The van der Waals surface area contributed by atoms with Crippen molar-refractivity contribution < 1.29 is 5.11 Å². The Morgan fingerprint density at radius 1 is 1.42 bits per heavy atom. The lowest BCUT2D eigenvalue weighted by Crippen LogP contribution is -2.62. The molecule has 0 aliphatic carbocycles. The van der Waals surface area contributed by atoms with E-state index in [-0.39, 0.29) is 5.60 Å². The first-order chi connectivity index (χ1) is 5.56. The van der Waals surface area contributed by atoms with Crippen LogP contribution in [0.15, 0.2) is 0 Å². The number of aliphatic hydroxyl groups is 1. The van der Waals surface area contributed by atoms with Crippen molar-refractivity contribution >= 4 is 0 Å². The van der Waals surface area contributed by atoms with E-state index in [1.807, 2.05) is 0 Å².